The number of carbonyl (C=O) groups excluding carboxylic acids is 1. The summed E-state index contributed by atoms with van der Waals surface area (Å²) in [4.78, 5) is 19.3. The highest BCUT2D eigenvalue weighted by Gasteiger charge is 2.15. The monoisotopic (exact) mass is 405 g/mol. The van der Waals surface area contributed by atoms with Gasteiger partial charge < -0.3 is 19.7 Å². The maximum absolute atomic E-state index is 12.6. The molecule has 0 saturated carbocycles. The molecule has 6 nitrogen and oxygen atoms in total. The van der Waals surface area contributed by atoms with E-state index in [0.717, 1.165) is 40.4 Å². The van der Waals surface area contributed by atoms with Gasteiger partial charge in [-0.3, -0.25) is 4.79 Å². The van der Waals surface area contributed by atoms with Gasteiger partial charge in [-0.05, 0) is 68.2 Å². The van der Waals surface area contributed by atoms with E-state index in [1.165, 1.54) is 0 Å². The van der Waals surface area contributed by atoms with Crippen LogP contribution in [0.25, 0.3) is 22.4 Å². The zero-order valence-corrected chi connectivity index (χ0v) is 17.8. The molecular weight excluding hydrogens is 378 g/mol. The molecule has 6 heteroatoms. The largest absolute Gasteiger partial charge is 0.497 e. The van der Waals surface area contributed by atoms with Crippen LogP contribution in [-0.4, -0.2) is 57.2 Å². The average Bonchev–Trinajstić information content (AvgIpc) is 2.78. The molecule has 0 aliphatic heterocycles. The van der Waals surface area contributed by atoms with Gasteiger partial charge in [0.2, 0.25) is 0 Å². The second-order valence-corrected chi connectivity index (χ2v) is 7.11. The summed E-state index contributed by atoms with van der Waals surface area (Å²) in [7, 11) is 7.21. The van der Waals surface area contributed by atoms with Gasteiger partial charge in [-0.2, -0.15) is 0 Å². The molecule has 0 atom stereocenters. The number of nitrogens with zero attached hydrogens (tertiary/aromatic N) is 2. The van der Waals surface area contributed by atoms with E-state index in [1.807, 2.05) is 73.6 Å². The number of hydrogen-bond acceptors (Lipinski definition) is 5. The Morgan fingerprint density at radius 1 is 0.867 bits per heavy atom. The molecule has 1 heterocycles. The van der Waals surface area contributed by atoms with Crippen molar-refractivity contribution in [1.29, 1.82) is 0 Å². The molecule has 0 aliphatic carbocycles. The first-order valence-corrected chi connectivity index (χ1v) is 9.74. The summed E-state index contributed by atoms with van der Waals surface area (Å²) >= 11 is 0. The van der Waals surface area contributed by atoms with Crippen LogP contribution in [0.4, 0.5) is 0 Å². The fourth-order valence-electron chi connectivity index (χ4n) is 3.04. The van der Waals surface area contributed by atoms with Crippen LogP contribution in [0.1, 0.15) is 10.5 Å². The molecule has 0 aliphatic rings. The van der Waals surface area contributed by atoms with Crippen molar-refractivity contribution in [3.8, 4) is 33.9 Å². The zero-order valence-electron chi connectivity index (χ0n) is 17.8. The van der Waals surface area contributed by atoms with Gasteiger partial charge in [-0.15, -0.1) is 0 Å². The van der Waals surface area contributed by atoms with Gasteiger partial charge in [0, 0.05) is 24.2 Å². The Kier molecular flexibility index (Phi) is 7.03. The van der Waals surface area contributed by atoms with Gasteiger partial charge in [0.15, 0.2) is 0 Å². The third kappa shape index (κ3) is 5.15. The Bertz CT molecular complexity index is 984. The molecule has 0 spiro atoms. The van der Waals surface area contributed by atoms with E-state index in [1.54, 1.807) is 20.3 Å². The van der Waals surface area contributed by atoms with Gasteiger partial charge in [0.05, 0.1) is 19.9 Å². The number of ether oxygens (including phenoxy) is 2. The first-order chi connectivity index (χ1) is 14.5. The van der Waals surface area contributed by atoms with Crippen molar-refractivity contribution in [2.75, 3.05) is 41.4 Å². The topological polar surface area (TPSA) is 63.7 Å². The fourth-order valence-corrected chi connectivity index (χ4v) is 3.04. The van der Waals surface area contributed by atoms with Crippen molar-refractivity contribution in [2.45, 2.75) is 0 Å². The summed E-state index contributed by atoms with van der Waals surface area (Å²) < 4.78 is 10.5. The molecular formula is C24H27N3O3. The van der Waals surface area contributed by atoms with E-state index in [2.05, 4.69) is 5.32 Å². The van der Waals surface area contributed by atoms with Crippen molar-refractivity contribution in [3.05, 3.63) is 66.4 Å². The molecule has 1 N–H and O–H groups in total. The van der Waals surface area contributed by atoms with Crippen molar-refractivity contribution in [1.82, 2.24) is 15.2 Å². The molecule has 1 amide bonds. The summed E-state index contributed by atoms with van der Waals surface area (Å²) in [6.45, 7) is 1.33. The second kappa shape index (κ2) is 9.89. The molecule has 2 aromatic carbocycles. The van der Waals surface area contributed by atoms with Crippen LogP contribution in [-0.2, 0) is 0 Å². The average molecular weight is 405 g/mol. The van der Waals surface area contributed by atoms with E-state index in [4.69, 9.17) is 14.5 Å². The van der Waals surface area contributed by atoms with Crippen molar-refractivity contribution < 1.29 is 14.3 Å². The molecule has 0 unspecified atom stereocenters. The smallest absolute Gasteiger partial charge is 0.269 e. The van der Waals surface area contributed by atoms with Crippen LogP contribution in [0.5, 0.6) is 11.5 Å². The SMILES string of the molecule is COc1ccc(-c2ccc(C(=O)NCCN(C)C)nc2-c2ccc(OC)cc2)cc1. The molecule has 156 valence electrons. The first-order valence-electron chi connectivity index (χ1n) is 9.74. The maximum Gasteiger partial charge on any atom is 0.269 e. The van der Waals surface area contributed by atoms with Gasteiger partial charge in [-0.1, -0.05) is 12.1 Å². The highest BCUT2D eigenvalue weighted by Crippen LogP contribution is 2.32. The lowest BCUT2D eigenvalue weighted by molar-refractivity contribution is 0.0946. The van der Waals surface area contributed by atoms with Crippen LogP contribution >= 0.6 is 0 Å². The summed E-state index contributed by atoms with van der Waals surface area (Å²) in [5.74, 6) is 1.37. The zero-order chi connectivity index (χ0) is 21.5. The number of methoxy groups -OCH3 is 2. The third-order valence-electron chi connectivity index (χ3n) is 4.74. The van der Waals surface area contributed by atoms with Gasteiger partial charge in [0.25, 0.3) is 5.91 Å². The molecule has 30 heavy (non-hydrogen) atoms. The summed E-state index contributed by atoms with van der Waals surface area (Å²) in [5, 5.41) is 2.92. The Morgan fingerprint density at radius 3 is 1.97 bits per heavy atom. The first kappa shape index (κ1) is 21.3. The molecule has 0 fully saturated rings. The van der Waals surface area contributed by atoms with E-state index >= 15 is 0 Å². The van der Waals surface area contributed by atoms with Crippen LogP contribution < -0.4 is 14.8 Å². The number of nitrogens with one attached hydrogen (secondary N) is 1. The predicted molar refractivity (Wildman–Crippen MR) is 119 cm³/mol. The Balaban J connectivity index is 1.99. The van der Waals surface area contributed by atoms with Gasteiger partial charge in [-0.25, -0.2) is 4.98 Å². The van der Waals surface area contributed by atoms with Crippen LogP contribution in [0, 0.1) is 0 Å². The van der Waals surface area contributed by atoms with Crippen molar-refractivity contribution in [3.63, 3.8) is 0 Å². The summed E-state index contributed by atoms with van der Waals surface area (Å²) in [5.41, 5.74) is 3.96. The molecule has 1 aromatic heterocycles. The lowest BCUT2D eigenvalue weighted by Gasteiger charge is -2.14. The molecule has 0 saturated heterocycles. The van der Waals surface area contributed by atoms with E-state index < -0.39 is 0 Å². The van der Waals surface area contributed by atoms with E-state index in [9.17, 15) is 4.79 Å². The second-order valence-electron chi connectivity index (χ2n) is 7.11. The number of rotatable bonds is 8. The highest BCUT2D eigenvalue weighted by molar-refractivity contribution is 5.94. The van der Waals surface area contributed by atoms with Gasteiger partial charge >= 0.3 is 0 Å². The minimum atomic E-state index is -0.187. The van der Waals surface area contributed by atoms with Gasteiger partial charge in [0.1, 0.15) is 17.2 Å². The highest BCUT2D eigenvalue weighted by atomic mass is 16.5. The fraction of sp³-hybridized carbons (Fsp3) is 0.250. The van der Waals surface area contributed by atoms with Crippen molar-refractivity contribution >= 4 is 5.91 Å². The molecule has 0 radical (unpaired) electrons. The predicted octanol–water partition coefficient (Wildman–Crippen LogP) is 3.72. The maximum atomic E-state index is 12.6. The molecule has 0 bridgehead atoms. The van der Waals surface area contributed by atoms with Crippen LogP contribution in [0.15, 0.2) is 60.7 Å². The number of amides is 1. The van der Waals surface area contributed by atoms with E-state index in [0.29, 0.717) is 12.2 Å². The Labute approximate surface area is 177 Å². The van der Waals surface area contributed by atoms with E-state index in [-0.39, 0.29) is 5.91 Å². The van der Waals surface area contributed by atoms with Crippen molar-refractivity contribution in [2.24, 2.45) is 0 Å². The molecule has 3 aromatic rings. The lowest BCUT2D eigenvalue weighted by Crippen LogP contribution is -2.31. The quantitative estimate of drug-likeness (QED) is 0.619. The number of likely N-dealkylation sites (N-methyl/N-ethyl adjacent to an activating group) is 1. The normalized spacial score (nSPS) is 10.7. The van der Waals surface area contributed by atoms with Crippen LogP contribution in [0.3, 0.4) is 0 Å². The summed E-state index contributed by atoms with van der Waals surface area (Å²) in [6, 6.07) is 19.2. The minimum Gasteiger partial charge on any atom is -0.497 e. The standard InChI is InChI=1S/C24H27N3O3/c1-27(2)16-15-25-24(28)22-14-13-21(17-5-9-19(29-3)10-6-17)23(26-22)18-7-11-20(30-4)12-8-18/h5-14H,15-16H2,1-4H3,(H,25,28). The van der Waals surface area contributed by atoms with Crippen LogP contribution in [0.2, 0.25) is 0 Å². The molecule has 3 rings (SSSR count). The number of aromatic nitrogens is 1. The minimum absolute atomic E-state index is 0.187. The number of pyridine rings is 1. The summed E-state index contributed by atoms with van der Waals surface area (Å²) in [6.07, 6.45) is 0. The Hall–Kier alpha value is -3.38. The number of carbonyl (C=O) groups is 1. The number of benzene rings is 2. The third-order valence-corrected chi connectivity index (χ3v) is 4.74. The number of hydrogen-bond donors (Lipinski definition) is 1. The lowest BCUT2D eigenvalue weighted by atomic mass is 9.98. The Morgan fingerprint density at radius 2 is 1.43 bits per heavy atom.